The number of hydrogen-bond donors (Lipinski definition) is 3. The molecule has 2 aromatic heterocycles. The van der Waals surface area contributed by atoms with Crippen LogP contribution in [0.4, 0.5) is 11.9 Å². The molecule has 3 fully saturated rings. The van der Waals surface area contributed by atoms with Gasteiger partial charge in [0, 0.05) is 23.2 Å². The van der Waals surface area contributed by atoms with E-state index in [9.17, 15) is 9.59 Å². The molecule has 0 radical (unpaired) electrons. The summed E-state index contributed by atoms with van der Waals surface area (Å²) >= 11 is 0. The lowest BCUT2D eigenvalue weighted by Crippen LogP contribution is -2.19. The van der Waals surface area contributed by atoms with E-state index in [4.69, 9.17) is 0 Å². The molecule has 2 aromatic rings. The molecule has 3 aliphatic rings. The number of anilines is 2. The van der Waals surface area contributed by atoms with Gasteiger partial charge in [0.25, 0.3) is 5.91 Å². The average Bonchev–Trinajstić information content (AvgIpc) is 3.48. The third-order valence-corrected chi connectivity index (χ3v) is 4.44. The smallest absolute Gasteiger partial charge is 0.254 e. The topological polar surface area (TPSA) is 113 Å². The fourth-order valence-corrected chi connectivity index (χ4v) is 2.78. The summed E-state index contributed by atoms with van der Waals surface area (Å²) in [6.45, 7) is 0. The standard InChI is InChI=1S/C16H17N7O2/c24-12-6-8(14(25)20-12)5-9-7-17-23-13(9)21-15(18-10-1-2-10)22-16(23)19-11-3-4-11/h5,7,10-11H,1-4,6H2,(H,20,24,25)(H2,18,19,21,22). The summed E-state index contributed by atoms with van der Waals surface area (Å²) in [6.07, 6.45) is 7.90. The molecule has 0 bridgehead atoms. The quantitative estimate of drug-likeness (QED) is 0.543. The predicted octanol–water partition coefficient (Wildman–Crippen LogP) is 0.703. The SMILES string of the molecule is O=C1CC(=Cc2cnn3c(NC4CC4)nc(NC4CC4)nc23)C(=O)N1. The lowest BCUT2D eigenvalue weighted by atomic mass is 10.1. The van der Waals surface area contributed by atoms with Gasteiger partial charge in [0.1, 0.15) is 0 Å². The summed E-state index contributed by atoms with van der Waals surface area (Å²) in [7, 11) is 0. The molecule has 0 spiro atoms. The molecule has 2 aliphatic carbocycles. The first-order chi connectivity index (χ1) is 12.2. The van der Waals surface area contributed by atoms with E-state index in [0.29, 0.717) is 40.8 Å². The Morgan fingerprint density at radius 3 is 2.56 bits per heavy atom. The zero-order chi connectivity index (χ0) is 17.0. The highest BCUT2D eigenvalue weighted by molar-refractivity contribution is 6.15. The van der Waals surface area contributed by atoms with Gasteiger partial charge in [-0.25, -0.2) is 0 Å². The largest absolute Gasteiger partial charge is 0.351 e. The van der Waals surface area contributed by atoms with E-state index in [-0.39, 0.29) is 18.2 Å². The Labute approximate surface area is 142 Å². The van der Waals surface area contributed by atoms with Crippen molar-refractivity contribution in [3.8, 4) is 0 Å². The molecule has 9 nitrogen and oxygen atoms in total. The Morgan fingerprint density at radius 2 is 1.88 bits per heavy atom. The number of fused-ring (bicyclic) bond motifs is 1. The molecule has 1 saturated heterocycles. The minimum absolute atomic E-state index is 0.0849. The van der Waals surface area contributed by atoms with Crippen molar-refractivity contribution in [2.75, 3.05) is 10.6 Å². The molecule has 0 atom stereocenters. The van der Waals surface area contributed by atoms with Gasteiger partial charge < -0.3 is 10.6 Å². The van der Waals surface area contributed by atoms with Crippen LogP contribution in [0.2, 0.25) is 0 Å². The zero-order valence-corrected chi connectivity index (χ0v) is 13.5. The van der Waals surface area contributed by atoms with Crippen LogP contribution in [-0.4, -0.2) is 43.5 Å². The minimum Gasteiger partial charge on any atom is -0.351 e. The Morgan fingerprint density at radius 1 is 1.12 bits per heavy atom. The van der Waals surface area contributed by atoms with Crippen molar-refractivity contribution < 1.29 is 9.59 Å². The third-order valence-electron chi connectivity index (χ3n) is 4.44. The van der Waals surface area contributed by atoms with Crippen LogP contribution in [0.15, 0.2) is 11.8 Å². The molecule has 0 aromatic carbocycles. The van der Waals surface area contributed by atoms with Gasteiger partial charge in [-0.1, -0.05) is 0 Å². The number of carbonyl (C=O) groups excluding carboxylic acids is 2. The molecular formula is C16H17N7O2. The van der Waals surface area contributed by atoms with Gasteiger partial charge in [-0.15, -0.1) is 0 Å². The van der Waals surface area contributed by atoms with Crippen LogP contribution in [-0.2, 0) is 9.59 Å². The zero-order valence-electron chi connectivity index (χ0n) is 13.5. The lowest BCUT2D eigenvalue weighted by molar-refractivity contribution is -0.124. The van der Waals surface area contributed by atoms with E-state index >= 15 is 0 Å². The van der Waals surface area contributed by atoms with Gasteiger partial charge in [-0.2, -0.15) is 19.6 Å². The molecule has 1 aliphatic heterocycles. The van der Waals surface area contributed by atoms with Gasteiger partial charge in [0.05, 0.1) is 12.6 Å². The summed E-state index contributed by atoms with van der Waals surface area (Å²) in [5, 5.41) is 13.3. The Balaban J connectivity index is 1.57. The number of amides is 2. The lowest BCUT2D eigenvalue weighted by Gasteiger charge is -2.09. The maximum absolute atomic E-state index is 11.8. The van der Waals surface area contributed by atoms with Gasteiger partial charge >= 0.3 is 0 Å². The molecule has 2 amide bonds. The van der Waals surface area contributed by atoms with Gasteiger partial charge in [0.2, 0.25) is 17.8 Å². The van der Waals surface area contributed by atoms with Crippen LogP contribution in [0, 0.1) is 0 Å². The highest BCUT2D eigenvalue weighted by Crippen LogP contribution is 2.28. The first kappa shape index (κ1) is 14.4. The summed E-state index contributed by atoms with van der Waals surface area (Å²) in [6, 6.07) is 0.857. The van der Waals surface area contributed by atoms with Crippen molar-refractivity contribution in [3.05, 3.63) is 17.3 Å². The van der Waals surface area contributed by atoms with Gasteiger partial charge in [-0.3, -0.25) is 14.9 Å². The van der Waals surface area contributed by atoms with Crippen LogP contribution >= 0.6 is 0 Å². The van der Waals surface area contributed by atoms with Crippen molar-refractivity contribution in [2.24, 2.45) is 0 Å². The first-order valence-electron chi connectivity index (χ1n) is 8.49. The molecule has 2 saturated carbocycles. The van der Waals surface area contributed by atoms with E-state index < -0.39 is 0 Å². The monoisotopic (exact) mass is 339 g/mol. The molecule has 3 N–H and O–H groups in total. The number of aromatic nitrogens is 4. The first-order valence-corrected chi connectivity index (χ1v) is 8.49. The highest BCUT2D eigenvalue weighted by Gasteiger charge is 2.27. The minimum atomic E-state index is -0.355. The van der Waals surface area contributed by atoms with Crippen LogP contribution in [0.3, 0.4) is 0 Å². The number of rotatable bonds is 5. The summed E-state index contributed by atoms with van der Waals surface area (Å²) in [4.78, 5) is 32.3. The fourth-order valence-electron chi connectivity index (χ4n) is 2.78. The normalized spacial score (nSPS) is 21.8. The Hall–Kier alpha value is -2.97. The number of hydrogen-bond acceptors (Lipinski definition) is 7. The van der Waals surface area contributed by atoms with Crippen LogP contribution in [0.25, 0.3) is 11.7 Å². The van der Waals surface area contributed by atoms with E-state index in [1.165, 1.54) is 0 Å². The van der Waals surface area contributed by atoms with Crippen molar-refractivity contribution >= 4 is 35.4 Å². The van der Waals surface area contributed by atoms with E-state index in [1.54, 1.807) is 16.8 Å². The molecule has 25 heavy (non-hydrogen) atoms. The summed E-state index contributed by atoms with van der Waals surface area (Å²) < 4.78 is 1.65. The Kier molecular flexibility index (Phi) is 3.03. The second-order valence-corrected chi connectivity index (χ2v) is 6.77. The third kappa shape index (κ3) is 2.81. The van der Waals surface area contributed by atoms with Crippen molar-refractivity contribution in [1.29, 1.82) is 0 Å². The maximum atomic E-state index is 11.8. The molecular weight excluding hydrogens is 322 g/mol. The maximum Gasteiger partial charge on any atom is 0.254 e. The van der Waals surface area contributed by atoms with Crippen LogP contribution in [0.1, 0.15) is 37.7 Å². The molecule has 9 heteroatoms. The van der Waals surface area contributed by atoms with Crippen molar-refractivity contribution in [3.63, 3.8) is 0 Å². The van der Waals surface area contributed by atoms with Crippen molar-refractivity contribution in [2.45, 2.75) is 44.2 Å². The van der Waals surface area contributed by atoms with Gasteiger partial charge in [0.15, 0.2) is 5.65 Å². The van der Waals surface area contributed by atoms with Gasteiger partial charge in [-0.05, 0) is 31.8 Å². The fraction of sp³-hybridized carbons (Fsp3) is 0.438. The van der Waals surface area contributed by atoms with Crippen LogP contribution < -0.4 is 16.0 Å². The van der Waals surface area contributed by atoms with Crippen LogP contribution in [0.5, 0.6) is 0 Å². The predicted molar refractivity (Wildman–Crippen MR) is 89.8 cm³/mol. The molecule has 5 rings (SSSR count). The summed E-state index contributed by atoms with van der Waals surface area (Å²) in [5.74, 6) is 0.568. The molecule has 0 unspecified atom stereocenters. The second-order valence-electron chi connectivity index (χ2n) is 6.77. The molecule has 3 heterocycles. The number of nitrogens with one attached hydrogen (secondary N) is 3. The Bertz CT molecular complexity index is 924. The van der Waals surface area contributed by atoms with Crippen molar-refractivity contribution in [1.82, 2.24) is 24.9 Å². The van der Waals surface area contributed by atoms with E-state index in [0.717, 1.165) is 25.7 Å². The number of nitrogens with zero attached hydrogens (tertiary/aromatic N) is 4. The molecule has 128 valence electrons. The number of carbonyl (C=O) groups is 2. The number of imide groups is 1. The average molecular weight is 339 g/mol. The van der Waals surface area contributed by atoms with E-state index in [2.05, 4.69) is 31.0 Å². The summed E-state index contributed by atoms with van der Waals surface area (Å²) in [5.41, 5.74) is 1.73. The van der Waals surface area contributed by atoms with E-state index in [1.807, 2.05) is 0 Å². The second kappa shape index (κ2) is 5.27. The highest BCUT2D eigenvalue weighted by atomic mass is 16.2.